The number of hydrogen-bond donors (Lipinski definition) is 1. The highest BCUT2D eigenvalue weighted by Gasteiger charge is 2.28. The molecule has 0 atom stereocenters. The van der Waals surface area contributed by atoms with E-state index in [0.29, 0.717) is 6.54 Å². The third-order valence-electron chi connectivity index (χ3n) is 3.08. The van der Waals surface area contributed by atoms with Crippen LogP contribution in [0.3, 0.4) is 0 Å². The molecule has 5 heteroatoms. The minimum absolute atomic E-state index is 0.0523. The number of methoxy groups -OCH3 is 1. The summed E-state index contributed by atoms with van der Waals surface area (Å²) in [6.07, 6.45) is 5.11. The Balaban J connectivity index is 2.56. The Kier molecular flexibility index (Phi) is 5.80. The minimum Gasteiger partial charge on any atom is -0.468 e. The number of urea groups is 1. The van der Waals surface area contributed by atoms with Gasteiger partial charge in [-0.2, -0.15) is 0 Å². The van der Waals surface area contributed by atoms with Crippen molar-refractivity contribution in [2.75, 3.05) is 20.2 Å². The summed E-state index contributed by atoms with van der Waals surface area (Å²) in [5.74, 6) is -0.358. The number of carbonyl (C=O) groups is 2. The highest BCUT2D eigenvalue weighted by Crippen LogP contribution is 2.23. The van der Waals surface area contributed by atoms with Crippen molar-refractivity contribution in [2.45, 2.75) is 45.1 Å². The summed E-state index contributed by atoms with van der Waals surface area (Å²) in [4.78, 5) is 24.9. The fourth-order valence-electron chi connectivity index (χ4n) is 2.12. The third-order valence-corrected chi connectivity index (χ3v) is 3.08. The minimum atomic E-state index is -0.358. The van der Waals surface area contributed by atoms with E-state index in [1.807, 2.05) is 6.92 Å². The SMILES string of the molecule is CCCNC(=O)N(CC(=O)OC)C1CCCC1. The predicted molar refractivity (Wildman–Crippen MR) is 64.7 cm³/mol. The first-order valence-electron chi connectivity index (χ1n) is 6.30. The highest BCUT2D eigenvalue weighted by molar-refractivity contribution is 5.81. The lowest BCUT2D eigenvalue weighted by Gasteiger charge is -2.27. The van der Waals surface area contributed by atoms with E-state index >= 15 is 0 Å². The van der Waals surface area contributed by atoms with Crippen molar-refractivity contribution in [3.8, 4) is 0 Å². The van der Waals surface area contributed by atoms with Crippen LogP contribution in [-0.2, 0) is 9.53 Å². The smallest absolute Gasteiger partial charge is 0.325 e. The molecule has 98 valence electrons. The molecule has 5 nitrogen and oxygen atoms in total. The second-order valence-corrected chi connectivity index (χ2v) is 4.37. The molecule has 0 heterocycles. The van der Waals surface area contributed by atoms with Crippen LogP contribution in [0, 0.1) is 0 Å². The fraction of sp³-hybridized carbons (Fsp3) is 0.833. The van der Waals surface area contributed by atoms with Gasteiger partial charge in [0.25, 0.3) is 0 Å². The Labute approximate surface area is 102 Å². The number of carbonyl (C=O) groups excluding carboxylic acids is 2. The molecule has 0 saturated heterocycles. The van der Waals surface area contributed by atoms with Gasteiger partial charge < -0.3 is 15.0 Å². The van der Waals surface area contributed by atoms with E-state index in [9.17, 15) is 9.59 Å². The summed E-state index contributed by atoms with van der Waals surface area (Å²) in [7, 11) is 1.35. The number of nitrogens with one attached hydrogen (secondary N) is 1. The van der Waals surface area contributed by atoms with E-state index in [4.69, 9.17) is 0 Å². The van der Waals surface area contributed by atoms with Gasteiger partial charge in [-0.05, 0) is 19.3 Å². The molecule has 0 radical (unpaired) electrons. The van der Waals surface area contributed by atoms with E-state index in [1.54, 1.807) is 4.90 Å². The number of rotatable bonds is 5. The van der Waals surface area contributed by atoms with Crippen LogP contribution in [0.15, 0.2) is 0 Å². The lowest BCUT2D eigenvalue weighted by molar-refractivity contribution is -0.141. The van der Waals surface area contributed by atoms with Gasteiger partial charge in [-0.25, -0.2) is 4.79 Å². The molecule has 1 N–H and O–H groups in total. The van der Waals surface area contributed by atoms with Gasteiger partial charge >= 0.3 is 12.0 Å². The van der Waals surface area contributed by atoms with Crippen molar-refractivity contribution in [2.24, 2.45) is 0 Å². The van der Waals surface area contributed by atoms with E-state index in [1.165, 1.54) is 7.11 Å². The normalized spacial score (nSPS) is 15.6. The number of esters is 1. The Hall–Kier alpha value is -1.26. The Bertz CT molecular complexity index is 262. The monoisotopic (exact) mass is 242 g/mol. The number of hydrogen-bond acceptors (Lipinski definition) is 3. The van der Waals surface area contributed by atoms with Crippen molar-refractivity contribution in [3.05, 3.63) is 0 Å². The van der Waals surface area contributed by atoms with Crippen LogP contribution in [0.2, 0.25) is 0 Å². The molecule has 2 amide bonds. The first kappa shape index (κ1) is 13.8. The van der Waals surface area contributed by atoms with E-state index in [0.717, 1.165) is 32.1 Å². The molecule has 0 spiro atoms. The maximum atomic E-state index is 11.9. The summed E-state index contributed by atoms with van der Waals surface area (Å²) < 4.78 is 4.63. The first-order valence-corrected chi connectivity index (χ1v) is 6.30. The number of nitrogens with zero attached hydrogens (tertiary/aromatic N) is 1. The quantitative estimate of drug-likeness (QED) is 0.744. The second-order valence-electron chi connectivity index (χ2n) is 4.37. The van der Waals surface area contributed by atoms with E-state index < -0.39 is 0 Å². The van der Waals surface area contributed by atoms with Gasteiger partial charge in [0.2, 0.25) is 0 Å². The van der Waals surface area contributed by atoms with Gasteiger partial charge in [0.1, 0.15) is 6.54 Å². The van der Waals surface area contributed by atoms with Crippen LogP contribution < -0.4 is 5.32 Å². The maximum absolute atomic E-state index is 11.9. The fourth-order valence-corrected chi connectivity index (χ4v) is 2.12. The molecular weight excluding hydrogens is 220 g/mol. The number of amides is 2. The molecule has 0 unspecified atom stereocenters. The van der Waals surface area contributed by atoms with Gasteiger partial charge in [0, 0.05) is 12.6 Å². The molecule has 1 fully saturated rings. The predicted octanol–water partition coefficient (Wildman–Crippen LogP) is 1.52. The molecule has 0 aromatic heterocycles. The number of ether oxygens (including phenoxy) is 1. The molecular formula is C12H22N2O3. The van der Waals surface area contributed by atoms with Gasteiger partial charge in [-0.3, -0.25) is 4.79 Å². The Morgan fingerprint density at radius 1 is 1.35 bits per heavy atom. The zero-order valence-corrected chi connectivity index (χ0v) is 10.7. The standard InChI is InChI=1S/C12H22N2O3/c1-3-8-13-12(16)14(9-11(15)17-2)10-6-4-5-7-10/h10H,3-9H2,1-2H3,(H,13,16). The average Bonchev–Trinajstić information content (AvgIpc) is 2.86. The Morgan fingerprint density at radius 3 is 2.53 bits per heavy atom. The van der Waals surface area contributed by atoms with Crippen LogP contribution in [-0.4, -0.2) is 43.1 Å². The summed E-state index contributed by atoms with van der Waals surface area (Å²) in [5, 5.41) is 2.82. The second kappa shape index (κ2) is 7.14. The van der Waals surface area contributed by atoms with Gasteiger partial charge in [0.05, 0.1) is 7.11 Å². The largest absolute Gasteiger partial charge is 0.468 e. The average molecular weight is 242 g/mol. The maximum Gasteiger partial charge on any atom is 0.325 e. The van der Waals surface area contributed by atoms with Crippen LogP contribution in [0.1, 0.15) is 39.0 Å². The summed E-state index contributed by atoms with van der Waals surface area (Å²) in [5.41, 5.74) is 0. The molecule has 1 aliphatic rings. The lowest BCUT2D eigenvalue weighted by Crippen LogP contribution is -2.48. The molecule has 17 heavy (non-hydrogen) atoms. The lowest BCUT2D eigenvalue weighted by atomic mass is 10.2. The summed E-state index contributed by atoms with van der Waals surface area (Å²) >= 11 is 0. The Morgan fingerprint density at radius 2 is 2.00 bits per heavy atom. The topological polar surface area (TPSA) is 58.6 Å². The highest BCUT2D eigenvalue weighted by atomic mass is 16.5. The third kappa shape index (κ3) is 4.24. The molecule has 0 aromatic carbocycles. The zero-order valence-electron chi connectivity index (χ0n) is 10.7. The van der Waals surface area contributed by atoms with E-state index in [2.05, 4.69) is 10.1 Å². The molecule has 1 aliphatic carbocycles. The summed E-state index contributed by atoms with van der Waals surface area (Å²) in [6, 6.07) is 0.0371. The molecule has 1 saturated carbocycles. The molecule has 0 bridgehead atoms. The van der Waals surface area contributed by atoms with Crippen LogP contribution >= 0.6 is 0 Å². The van der Waals surface area contributed by atoms with Crippen molar-refractivity contribution in [1.29, 1.82) is 0 Å². The van der Waals surface area contributed by atoms with Crippen LogP contribution in [0.25, 0.3) is 0 Å². The van der Waals surface area contributed by atoms with Crippen molar-refractivity contribution in [3.63, 3.8) is 0 Å². The van der Waals surface area contributed by atoms with Gasteiger partial charge in [0.15, 0.2) is 0 Å². The molecule has 0 aliphatic heterocycles. The van der Waals surface area contributed by atoms with Gasteiger partial charge in [-0.15, -0.1) is 0 Å². The van der Waals surface area contributed by atoms with Crippen molar-refractivity contribution in [1.82, 2.24) is 10.2 Å². The summed E-state index contributed by atoms with van der Waals surface area (Å²) in [6.45, 7) is 2.69. The first-order chi connectivity index (χ1) is 8.19. The van der Waals surface area contributed by atoms with E-state index in [-0.39, 0.29) is 24.6 Å². The molecule has 0 aromatic rings. The van der Waals surface area contributed by atoms with Crippen molar-refractivity contribution >= 4 is 12.0 Å². The van der Waals surface area contributed by atoms with Crippen LogP contribution in [0.5, 0.6) is 0 Å². The van der Waals surface area contributed by atoms with Crippen LogP contribution in [0.4, 0.5) is 4.79 Å². The van der Waals surface area contributed by atoms with Gasteiger partial charge in [-0.1, -0.05) is 19.8 Å². The molecule has 1 rings (SSSR count). The van der Waals surface area contributed by atoms with Crippen molar-refractivity contribution < 1.29 is 14.3 Å². The zero-order chi connectivity index (χ0) is 12.7.